The second kappa shape index (κ2) is 6.07. The largest absolute Gasteiger partial charge is 0.279 e. The van der Waals surface area contributed by atoms with Crippen LogP contribution < -0.4 is 5.56 Å². The number of rotatable bonds is 1. The van der Waals surface area contributed by atoms with Crippen LogP contribution in [0.1, 0.15) is 22.3 Å². The van der Waals surface area contributed by atoms with Crippen LogP contribution in [0.5, 0.6) is 0 Å². The summed E-state index contributed by atoms with van der Waals surface area (Å²) in [6.45, 7) is 1.68. The van der Waals surface area contributed by atoms with E-state index in [0.717, 1.165) is 10.6 Å². The van der Waals surface area contributed by atoms with Gasteiger partial charge in [-0.2, -0.15) is 0 Å². The topological polar surface area (TPSA) is 47.8 Å². The van der Waals surface area contributed by atoms with Gasteiger partial charge in [0.15, 0.2) is 0 Å². The minimum Gasteiger partial charge on any atom is -0.267 e. The van der Waals surface area contributed by atoms with Crippen LogP contribution in [0.3, 0.4) is 0 Å². The third kappa shape index (κ3) is 2.64. The van der Waals surface area contributed by atoms with Gasteiger partial charge in [-0.1, -0.05) is 41.9 Å². The molecule has 120 valence electrons. The van der Waals surface area contributed by atoms with E-state index in [9.17, 15) is 4.79 Å². The predicted molar refractivity (Wildman–Crippen MR) is 96.1 cm³/mol. The molecule has 0 saturated heterocycles. The highest BCUT2D eigenvalue weighted by atomic mass is 35.5. The fraction of sp³-hybridized carbons (Fsp3) is 0.167. The normalized spacial score (nSPS) is 16.2. The zero-order chi connectivity index (χ0) is 16.7. The number of aryl methyl sites for hydroxylation is 1. The SMILES string of the molecule is Cc1nnc2n(c1=O)-c1cc(Cl)ccc1SC(c1ccccc1)C2. The van der Waals surface area contributed by atoms with Gasteiger partial charge in [0, 0.05) is 21.6 Å². The molecule has 1 aromatic heterocycles. The number of thioether (sulfide) groups is 1. The first kappa shape index (κ1) is 15.4. The van der Waals surface area contributed by atoms with Crippen molar-refractivity contribution < 1.29 is 0 Å². The zero-order valence-corrected chi connectivity index (χ0v) is 14.5. The van der Waals surface area contributed by atoms with E-state index in [1.807, 2.05) is 36.4 Å². The average Bonchev–Trinajstić information content (AvgIpc) is 2.76. The Labute approximate surface area is 148 Å². The summed E-state index contributed by atoms with van der Waals surface area (Å²) in [5, 5.41) is 9.09. The predicted octanol–water partition coefficient (Wildman–Crippen LogP) is 3.98. The number of benzene rings is 2. The zero-order valence-electron chi connectivity index (χ0n) is 12.9. The van der Waals surface area contributed by atoms with E-state index in [1.165, 1.54) is 5.56 Å². The Morgan fingerprint density at radius 2 is 1.96 bits per heavy atom. The van der Waals surface area contributed by atoms with Gasteiger partial charge >= 0.3 is 0 Å². The number of fused-ring (bicyclic) bond motifs is 3. The van der Waals surface area contributed by atoms with Crippen molar-refractivity contribution in [3.05, 3.63) is 81.0 Å². The van der Waals surface area contributed by atoms with Crippen LogP contribution >= 0.6 is 23.4 Å². The molecule has 1 unspecified atom stereocenters. The Hall–Kier alpha value is -2.11. The van der Waals surface area contributed by atoms with Crippen LogP contribution in [-0.2, 0) is 6.42 Å². The highest BCUT2D eigenvalue weighted by Crippen LogP contribution is 2.43. The van der Waals surface area contributed by atoms with Crippen molar-refractivity contribution in [1.29, 1.82) is 0 Å². The maximum Gasteiger partial charge on any atom is 0.279 e. The third-order valence-corrected chi connectivity index (χ3v) is 5.61. The molecule has 4 rings (SSSR count). The van der Waals surface area contributed by atoms with Crippen molar-refractivity contribution in [2.24, 2.45) is 0 Å². The van der Waals surface area contributed by atoms with Crippen LogP contribution in [0.25, 0.3) is 5.69 Å². The molecule has 1 aliphatic rings. The van der Waals surface area contributed by atoms with E-state index in [4.69, 9.17) is 11.6 Å². The summed E-state index contributed by atoms with van der Waals surface area (Å²) < 4.78 is 1.65. The van der Waals surface area contributed by atoms with Gasteiger partial charge < -0.3 is 0 Å². The molecule has 1 atom stereocenters. The minimum absolute atomic E-state index is 0.141. The summed E-state index contributed by atoms with van der Waals surface area (Å²) in [5.74, 6) is 0.660. The van der Waals surface area contributed by atoms with E-state index in [0.29, 0.717) is 23.0 Å². The molecular weight excluding hydrogens is 342 g/mol. The molecule has 3 aromatic rings. The second-order valence-corrected chi connectivity index (χ2v) is 7.36. The van der Waals surface area contributed by atoms with Crippen molar-refractivity contribution in [2.75, 3.05) is 0 Å². The van der Waals surface area contributed by atoms with E-state index >= 15 is 0 Å². The van der Waals surface area contributed by atoms with Crippen LogP contribution in [0.2, 0.25) is 5.02 Å². The molecule has 1 aliphatic heterocycles. The lowest BCUT2D eigenvalue weighted by Crippen LogP contribution is -2.27. The average molecular weight is 356 g/mol. The van der Waals surface area contributed by atoms with Crippen molar-refractivity contribution in [2.45, 2.75) is 23.5 Å². The van der Waals surface area contributed by atoms with Crippen LogP contribution in [0, 0.1) is 6.92 Å². The lowest BCUT2D eigenvalue weighted by Gasteiger charge is -2.14. The van der Waals surface area contributed by atoms with Gasteiger partial charge in [0.1, 0.15) is 11.5 Å². The molecule has 6 heteroatoms. The number of nitrogens with zero attached hydrogens (tertiary/aromatic N) is 3. The lowest BCUT2D eigenvalue weighted by molar-refractivity contribution is 0.709. The molecular formula is C18H14ClN3OS. The van der Waals surface area contributed by atoms with Gasteiger partial charge in [0.25, 0.3) is 5.56 Å². The summed E-state index contributed by atoms with van der Waals surface area (Å²) in [7, 11) is 0. The number of hydrogen-bond donors (Lipinski definition) is 0. The molecule has 2 heterocycles. The summed E-state index contributed by atoms with van der Waals surface area (Å²) in [6.07, 6.45) is 0.628. The van der Waals surface area contributed by atoms with Gasteiger partial charge in [0.05, 0.1) is 5.69 Å². The highest BCUT2D eigenvalue weighted by molar-refractivity contribution is 7.99. The Balaban J connectivity index is 1.97. The molecule has 0 aliphatic carbocycles. The van der Waals surface area contributed by atoms with E-state index in [2.05, 4.69) is 22.3 Å². The lowest BCUT2D eigenvalue weighted by atomic mass is 10.1. The number of halogens is 1. The molecule has 0 spiro atoms. The smallest absolute Gasteiger partial charge is 0.267 e. The van der Waals surface area contributed by atoms with E-state index < -0.39 is 0 Å². The maximum atomic E-state index is 12.7. The first-order valence-electron chi connectivity index (χ1n) is 7.60. The van der Waals surface area contributed by atoms with E-state index in [1.54, 1.807) is 23.3 Å². The summed E-state index contributed by atoms with van der Waals surface area (Å²) in [5.41, 5.74) is 2.22. The first-order valence-corrected chi connectivity index (χ1v) is 8.86. The first-order chi connectivity index (χ1) is 11.6. The molecule has 0 saturated carbocycles. The molecule has 0 fully saturated rings. The van der Waals surface area contributed by atoms with Gasteiger partial charge in [-0.15, -0.1) is 22.0 Å². The van der Waals surface area contributed by atoms with Gasteiger partial charge in [-0.05, 0) is 30.7 Å². The number of aromatic nitrogens is 3. The fourth-order valence-electron chi connectivity index (χ4n) is 2.86. The second-order valence-electron chi connectivity index (χ2n) is 5.68. The Bertz CT molecular complexity index is 972. The highest BCUT2D eigenvalue weighted by Gasteiger charge is 2.25. The molecule has 0 N–H and O–H groups in total. The molecule has 2 aromatic carbocycles. The standard InChI is InChI=1S/C18H14ClN3OS/c1-11-18(23)22-14-9-13(19)7-8-15(14)24-16(10-17(22)21-20-11)12-5-3-2-4-6-12/h2-9,16H,10H2,1H3. The molecule has 0 bridgehead atoms. The Morgan fingerprint density at radius 1 is 1.17 bits per heavy atom. The van der Waals surface area contributed by atoms with Crippen LogP contribution in [0.15, 0.2) is 58.2 Å². The molecule has 24 heavy (non-hydrogen) atoms. The molecule has 0 radical (unpaired) electrons. The summed E-state index contributed by atoms with van der Waals surface area (Å²) in [4.78, 5) is 13.7. The van der Waals surface area contributed by atoms with Crippen molar-refractivity contribution in [3.8, 4) is 5.69 Å². The van der Waals surface area contributed by atoms with Crippen molar-refractivity contribution in [1.82, 2.24) is 14.8 Å². The quantitative estimate of drug-likeness (QED) is 0.662. The Kier molecular flexibility index (Phi) is 3.90. The monoisotopic (exact) mass is 355 g/mol. The van der Waals surface area contributed by atoms with Crippen LogP contribution in [-0.4, -0.2) is 14.8 Å². The van der Waals surface area contributed by atoms with Crippen molar-refractivity contribution >= 4 is 23.4 Å². The Morgan fingerprint density at radius 3 is 2.75 bits per heavy atom. The number of hydrogen-bond acceptors (Lipinski definition) is 4. The fourth-order valence-corrected chi connectivity index (χ4v) is 4.28. The minimum atomic E-state index is -0.141. The summed E-state index contributed by atoms with van der Waals surface area (Å²) >= 11 is 7.91. The summed E-state index contributed by atoms with van der Waals surface area (Å²) in [6, 6.07) is 15.9. The van der Waals surface area contributed by atoms with Gasteiger partial charge in [-0.25, -0.2) is 0 Å². The van der Waals surface area contributed by atoms with Crippen molar-refractivity contribution in [3.63, 3.8) is 0 Å². The van der Waals surface area contributed by atoms with Gasteiger partial charge in [-0.3, -0.25) is 9.36 Å². The third-order valence-electron chi connectivity index (χ3n) is 4.06. The maximum absolute atomic E-state index is 12.7. The molecule has 4 nitrogen and oxygen atoms in total. The molecule has 0 amide bonds. The van der Waals surface area contributed by atoms with Crippen LogP contribution in [0.4, 0.5) is 0 Å². The van der Waals surface area contributed by atoms with E-state index in [-0.39, 0.29) is 10.8 Å². The van der Waals surface area contributed by atoms with Gasteiger partial charge in [0.2, 0.25) is 0 Å².